The summed E-state index contributed by atoms with van der Waals surface area (Å²) in [5.74, 6) is 1.13. The van der Waals surface area contributed by atoms with Crippen molar-refractivity contribution in [2.45, 2.75) is 45.6 Å². The van der Waals surface area contributed by atoms with Gasteiger partial charge in [-0.3, -0.25) is 14.5 Å². The molecule has 1 saturated carbocycles. The van der Waals surface area contributed by atoms with Crippen LogP contribution < -0.4 is 5.32 Å². The molecule has 1 unspecified atom stereocenters. The molecular weight excluding hydrogens is 410 g/mol. The third-order valence-electron chi connectivity index (χ3n) is 7.03. The lowest BCUT2D eigenvalue weighted by Gasteiger charge is -2.41. The van der Waals surface area contributed by atoms with Crippen LogP contribution in [0.1, 0.15) is 49.9 Å². The predicted molar refractivity (Wildman–Crippen MR) is 133 cm³/mol. The highest BCUT2D eigenvalue weighted by Gasteiger charge is 2.37. The van der Waals surface area contributed by atoms with Crippen molar-refractivity contribution in [1.29, 1.82) is 0 Å². The van der Waals surface area contributed by atoms with Gasteiger partial charge in [-0.15, -0.1) is 0 Å². The molecule has 0 radical (unpaired) electrons. The largest absolute Gasteiger partial charge is 0.354 e. The molecule has 0 bridgehead atoms. The summed E-state index contributed by atoms with van der Waals surface area (Å²) in [4.78, 5) is 30.5. The normalized spacial score (nSPS) is 18.5. The van der Waals surface area contributed by atoms with Gasteiger partial charge in [0.1, 0.15) is 0 Å². The van der Waals surface area contributed by atoms with E-state index in [9.17, 15) is 9.59 Å². The molecule has 1 aliphatic heterocycles. The summed E-state index contributed by atoms with van der Waals surface area (Å²) in [6, 6.07) is 18.0. The maximum atomic E-state index is 13.1. The Bertz CT molecular complexity index is 912. The summed E-state index contributed by atoms with van der Waals surface area (Å²) in [6.07, 6.45) is 4.70. The van der Waals surface area contributed by atoms with Gasteiger partial charge >= 0.3 is 0 Å². The van der Waals surface area contributed by atoms with Crippen molar-refractivity contribution in [2.24, 2.45) is 11.8 Å². The van der Waals surface area contributed by atoms with Crippen molar-refractivity contribution in [3.63, 3.8) is 0 Å². The van der Waals surface area contributed by atoms with Gasteiger partial charge in [-0.05, 0) is 47.9 Å². The van der Waals surface area contributed by atoms with Gasteiger partial charge in [0.25, 0.3) is 5.91 Å². The average molecular weight is 448 g/mol. The predicted octanol–water partition coefficient (Wildman–Crippen LogP) is 4.44. The van der Waals surface area contributed by atoms with Gasteiger partial charge < -0.3 is 10.2 Å². The van der Waals surface area contributed by atoms with Crippen molar-refractivity contribution < 1.29 is 9.59 Å². The molecule has 1 N–H and O–H groups in total. The summed E-state index contributed by atoms with van der Waals surface area (Å²) in [6.45, 7) is 7.82. The third kappa shape index (κ3) is 5.83. The highest BCUT2D eigenvalue weighted by atomic mass is 16.2. The minimum Gasteiger partial charge on any atom is -0.354 e. The topological polar surface area (TPSA) is 52.7 Å². The molecule has 1 heterocycles. The zero-order chi connectivity index (χ0) is 23.2. The maximum Gasteiger partial charge on any atom is 0.253 e. The van der Waals surface area contributed by atoms with E-state index < -0.39 is 0 Å². The Balaban J connectivity index is 1.37. The molecule has 2 amide bonds. The Kier molecular flexibility index (Phi) is 7.81. The van der Waals surface area contributed by atoms with Gasteiger partial charge in [0.15, 0.2) is 0 Å². The van der Waals surface area contributed by atoms with E-state index in [0.717, 1.165) is 49.2 Å². The highest BCUT2D eigenvalue weighted by molar-refractivity contribution is 5.94. The molecule has 2 aromatic rings. The van der Waals surface area contributed by atoms with Crippen LogP contribution in [0.5, 0.6) is 0 Å². The zero-order valence-corrected chi connectivity index (χ0v) is 20.0. The van der Waals surface area contributed by atoms with Crippen LogP contribution in [0.3, 0.4) is 0 Å². The second-order valence-corrected chi connectivity index (χ2v) is 9.90. The molecular formula is C28H37N3O2. The molecule has 1 atom stereocenters. The molecule has 0 spiro atoms. The second kappa shape index (κ2) is 11.0. The first-order valence-corrected chi connectivity index (χ1v) is 12.5. The van der Waals surface area contributed by atoms with Gasteiger partial charge in [-0.1, -0.05) is 69.2 Å². The molecule has 5 heteroatoms. The number of benzene rings is 2. The number of carbonyl (C=O) groups excluding carboxylic acids is 2. The summed E-state index contributed by atoms with van der Waals surface area (Å²) in [5, 5.41) is 3.17. The Morgan fingerprint density at radius 1 is 0.879 bits per heavy atom. The SMILES string of the molecule is CC(C)CNC(=O)C(C1CCCC1)N1CCN(C(=O)c2ccc(-c3ccccc3)cc2)CC1. The van der Waals surface area contributed by atoms with E-state index in [1.165, 1.54) is 12.8 Å². The number of hydrogen-bond acceptors (Lipinski definition) is 3. The number of rotatable bonds is 7. The summed E-state index contributed by atoms with van der Waals surface area (Å²) in [5.41, 5.74) is 2.99. The van der Waals surface area contributed by atoms with Crippen LogP contribution in [0.25, 0.3) is 11.1 Å². The molecule has 5 nitrogen and oxygen atoms in total. The van der Waals surface area contributed by atoms with Gasteiger partial charge in [-0.25, -0.2) is 0 Å². The highest BCUT2D eigenvalue weighted by Crippen LogP contribution is 2.31. The van der Waals surface area contributed by atoms with Crippen LogP contribution in [0.2, 0.25) is 0 Å². The van der Waals surface area contributed by atoms with Crippen LogP contribution >= 0.6 is 0 Å². The van der Waals surface area contributed by atoms with Crippen LogP contribution in [-0.2, 0) is 4.79 Å². The van der Waals surface area contributed by atoms with E-state index in [1.807, 2.05) is 47.4 Å². The van der Waals surface area contributed by atoms with Crippen molar-refractivity contribution >= 4 is 11.8 Å². The van der Waals surface area contributed by atoms with Crippen molar-refractivity contribution in [1.82, 2.24) is 15.1 Å². The van der Waals surface area contributed by atoms with Gasteiger partial charge in [0.2, 0.25) is 5.91 Å². The molecule has 4 rings (SSSR count). The first kappa shape index (κ1) is 23.5. The Morgan fingerprint density at radius 3 is 2.09 bits per heavy atom. The zero-order valence-electron chi connectivity index (χ0n) is 20.0. The molecule has 1 saturated heterocycles. The van der Waals surface area contributed by atoms with Gasteiger partial charge in [0, 0.05) is 38.3 Å². The van der Waals surface area contributed by atoms with E-state index in [1.54, 1.807) is 0 Å². The smallest absolute Gasteiger partial charge is 0.253 e. The van der Waals surface area contributed by atoms with Crippen LogP contribution in [0.15, 0.2) is 54.6 Å². The Morgan fingerprint density at radius 2 is 1.48 bits per heavy atom. The number of piperazine rings is 1. The standard InChI is InChI=1S/C28H37N3O2/c1-21(2)20-29-27(32)26(24-10-6-7-11-24)30-16-18-31(19-17-30)28(33)25-14-12-23(13-15-25)22-8-4-3-5-9-22/h3-5,8-9,12-15,21,24,26H,6-7,10-11,16-20H2,1-2H3,(H,29,32). The number of amides is 2. The molecule has 2 fully saturated rings. The summed E-state index contributed by atoms with van der Waals surface area (Å²) < 4.78 is 0. The monoisotopic (exact) mass is 447 g/mol. The Hall–Kier alpha value is -2.66. The number of hydrogen-bond donors (Lipinski definition) is 1. The summed E-state index contributed by atoms with van der Waals surface area (Å²) >= 11 is 0. The molecule has 33 heavy (non-hydrogen) atoms. The molecule has 1 aliphatic carbocycles. The van der Waals surface area contributed by atoms with Crippen LogP contribution in [-0.4, -0.2) is 60.4 Å². The lowest BCUT2D eigenvalue weighted by molar-refractivity contribution is -0.129. The molecule has 2 aromatic carbocycles. The fraction of sp³-hybridized carbons (Fsp3) is 0.500. The minimum absolute atomic E-state index is 0.0614. The van der Waals surface area contributed by atoms with Crippen molar-refractivity contribution in [2.75, 3.05) is 32.7 Å². The fourth-order valence-electron chi connectivity index (χ4n) is 5.18. The fourth-order valence-corrected chi connectivity index (χ4v) is 5.18. The second-order valence-electron chi connectivity index (χ2n) is 9.90. The van der Waals surface area contributed by atoms with E-state index in [0.29, 0.717) is 24.9 Å². The van der Waals surface area contributed by atoms with Gasteiger partial charge in [0.05, 0.1) is 6.04 Å². The van der Waals surface area contributed by atoms with E-state index >= 15 is 0 Å². The van der Waals surface area contributed by atoms with Crippen molar-refractivity contribution in [3.05, 3.63) is 60.2 Å². The average Bonchev–Trinajstić information content (AvgIpc) is 3.38. The maximum absolute atomic E-state index is 13.1. The first-order valence-electron chi connectivity index (χ1n) is 12.5. The lowest BCUT2D eigenvalue weighted by atomic mass is 9.94. The molecule has 176 valence electrons. The Labute approximate surface area is 198 Å². The number of carbonyl (C=O) groups is 2. The van der Waals surface area contributed by atoms with Crippen molar-refractivity contribution in [3.8, 4) is 11.1 Å². The van der Waals surface area contributed by atoms with Crippen LogP contribution in [0, 0.1) is 11.8 Å². The van der Waals surface area contributed by atoms with E-state index in [-0.39, 0.29) is 17.9 Å². The minimum atomic E-state index is -0.0614. The molecule has 2 aliphatic rings. The van der Waals surface area contributed by atoms with E-state index in [4.69, 9.17) is 0 Å². The van der Waals surface area contributed by atoms with Gasteiger partial charge in [-0.2, -0.15) is 0 Å². The van der Waals surface area contributed by atoms with E-state index in [2.05, 4.69) is 36.2 Å². The number of nitrogens with one attached hydrogen (secondary N) is 1. The molecule has 0 aromatic heterocycles. The third-order valence-corrected chi connectivity index (χ3v) is 7.03. The van der Waals surface area contributed by atoms with Crippen LogP contribution in [0.4, 0.5) is 0 Å². The first-order chi connectivity index (χ1) is 16.0. The quantitative estimate of drug-likeness (QED) is 0.683. The number of nitrogens with zero attached hydrogens (tertiary/aromatic N) is 2. The lowest BCUT2D eigenvalue weighted by Crippen LogP contribution is -2.58. The summed E-state index contributed by atoms with van der Waals surface area (Å²) in [7, 11) is 0.